The fourth-order valence-corrected chi connectivity index (χ4v) is 4.47. The number of ether oxygens (including phenoxy) is 2. The number of carbonyl (C=O) groups is 1. The van der Waals surface area contributed by atoms with Gasteiger partial charge in [-0.3, -0.25) is 4.79 Å². The van der Waals surface area contributed by atoms with Crippen LogP contribution in [0.3, 0.4) is 0 Å². The largest absolute Gasteiger partial charge is 0.494 e. The number of rotatable bonds is 6. The fourth-order valence-electron chi connectivity index (χ4n) is 4.47. The molecule has 0 spiro atoms. The van der Waals surface area contributed by atoms with E-state index >= 15 is 0 Å². The SMILES string of the molecule is CC[C@H]1CC2(C)CC(OCC3CC3)=C(OC)C=C2c2cc(=O)c(C(=O)O)cn21. The van der Waals surface area contributed by atoms with Gasteiger partial charge in [-0.15, -0.1) is 0 Å². The Morgan fingerprint density at radius 3 is 2.75 bits per heavy atom. The molecule has 3 aliphatic rings. The highest BCUT2D eigenvalue weighted by atomic mass is 16.5. The number of hydrogen-bond donors (Lipinski definition) is 1. The minimum absolute atomic E-state index is 0.129. The molecule has 0 amide bonds. The number of allylic oxidation sites excluding steroid dienone is 3. The van der Waals surface area contributed by atoms with Crippen LogP contribution in [0.4, 0.5) is 0 Å². The Labute approximate surface area is 164 Å². The summed E-state index contributed by atoms with van der Waals surface area (Å²) in [7, 11) is 1.63. The minimum Gasteiger partial charge on any atom is -0.494 e. The van der Waals surface area contributed by atoms with Crippen LogP contribution in [-0.2, 0) is 9.47 Å². The van der Waals surface area contributed by atoms with E-state index in [4.69, 9.17) is 9.47 Å². The maximum Gasteiger partial charge on any atom is 0.341 e. The molecule has 0 radical (unpaired) electrons. The van der Waals surface area contributed by atoms with E-state index in [1.54, 1.807) is 7.11 Å². The van der Waals surface area contributed by atoms with Crippen LogP contribution in [0.15, 0.2) is 34.7 Å². The van der Waals surface area contributed by atoms with Crippen molar-refractivity contribution in [2.75, 3.05) is 13.7 Å². The molecular weight excluding hydrogens is 358 g/mol. The second-order valence-electron chi connectivity index (χ2n) is 8.46. The Kier molecular flexibility index (Phi) is 4.60. The minimum atomic E-state index is -1.19. The number of fused-ring (bicyclic) bond motifs is 3. The average Bonchev–Trinajstić information content (AvgIpc) is 3.48. The van der Waals surface area contributed by atoms with Gasteiger partial charge in [-0.1, -0.05) is 13.8 Å². The predicted octanol–water partition coefficient (Wildman–Crippen LogP) is 3.98. The zero-order valence-corrected chi connectivity index (χ0v) is 16.7. The first kappa shape index (κ1) is 18.8. The highest BCUT2D eigenvalue weighted by molar-refractivity contribution is 5.87. The van der Waals surface area contributed by atoms with E-state index in [0.29, 0.717) is 11.7 Å². The van der Waals surface area contributed by atoms with E-state index in [-0.39, 0.29) is 17.0 Å². The Balaban J connectivity index is 1.82. The van der Waals surface area contributed by atoms with Crippen molar-refractivity contribution in [1.82, 2.24) is 4.57 Å². The number of aromatic nitrogens is 1. The molecule has 1 aromatic rings. The van der Waals surface area contributed by atoms with Crippen LogP contribution in [0.1, 0.15) is 68.0 Å². The number of aromatic carboxylic acids is 1. The summed E-state index contributed by atoms with van der Waals surface area (Å²) in [6.07, 6.45) is 8.38. The van der Waals surface area contributed by atoms with Crippen molar-refractivity contribution in [1.29, 1.82) is 0 Å². The van der Waals surface area contributed by atoms with Crippen LogP contribution in [0.25, 0.3) is 5.57 Å². The zero-order chi connectivity index (χ0) is 20.1. The van der Waals surface area contributed by atoms with E-state index < -0.39 is 11.4 Å². The van der Waals surface area contributed by atoms with Gasteiger partial charge in [0.15, 0.2) is 11.2 Å². The highest BCUT2D eigenvalue weighted by Crippen LogP contribution is 2.53. The fraction of sp³-hybridized carbons (Fsp3) is 0.545. The molecule has 1 saturated carbocycles. The van der Waals surface area contributed by atoms with Crippen molar-refractivity contribution >= 4 is 11.5 Å². The van der Waals surface area contributed by atoms with Crippen LogP contribution >= 0.6 is 0 Å². The molecule has 0 bridgehead atoms. The van der Waals surface area contributed by atoms with E-state index in [1.807, 2.05) is 10.6 Å². The molecule has 150 valence electrons. The smallest absolute Gasteiger partial charge is 0.341 e. The molecule has 0 aromatic carbocycles. The summed E-state index contributed by atoms with van der Waals surface area (Å²) in [5.74, 6) is 1.06. The summed E-state index contributed by atoms with van der Waals surface area (Å²) in [4.78, 5) is 23.9. The molecule has 28 heavy (non-hydrogen) atoms. The van der Waals surface area contributed by atoms with Crippen molar-refractivity contribution in [3.05, 3.63) is 51.3 Å². The van der Waals surface area contributed by atoms with Crippen molar-refractivity contribution in [3.63, 3.8) is 0 Å². The lowest BCUT2D eigenvalue weighted by molar-refractivity contribution is 0.0694. The first-order valence-electron chi connectivity index (χ1n) is 9.98. The lowest BCUT2D eigenvalue weighted by Crippen LogP contribution is -2.36. The topological polar surface area (TPSA) is 77.8 Å². The van der Waals surface area contributed by atoms with Gasteiger partial charge in [0.05, 0.1) is 13.7 Å². The first-order chi connectivity index (χ1) is 13.4. The summed E-state index contributed by atoms with van der Waals surface area (Å²) < 4.78 is 13.7. The number of methoxy groups -OCH3 is 1. The molecule has 1 aliphatic heterocycles. The molecule has 6 nitrogen and oxygen atoms in total. The number of carboxylic acid groups (broad SMARTS) is 1. The lowest BCUT2D eigenvalue weighted by atomic mass is 9.67. The summed E-state index contributed by atoms with van der Waals surface area (Å²) in [6.45, 7) is 5.03. The number of nitrogens with zero attached hydrogens (tertiary/aromatic N) is 1. The maximum atomic E-state index is 12.4. The van der Waals surface area contributed by atoms with Gasteiger partial charge in [0.25, 0.3) is 0 Å². The van der Waals surface area contributed by atoms with Crippen molar-refractivity contribution in [2.45, 2.75) is 52.0 Å². The third kappa shape index (κ3) is 3.15. The van der Waals surface area contributed by atoms with Gasteiger partial charge < -0.3 is 19.1 Å². The maximum absolute atomic E-state index is 12.4. The van der Waals surface area contributed by atoms with Gasteiger partial charge >= 0.3 is 5.97 Å². The van der Waals surface area contributed by atoms with E-state index in [9.17, 15) is 14.7 Å². The normalized spacial score (nSPS) is 26.2. The van der Waals surface area contributed by atoms with Crippen molar-refractivity contribution in [3.8, 4) is 0 Å². The molecule has 2 heterocycles. The molecule has 4 rings (SSSR count). The summed E-state index contributed by atoms with van der Waals surface area (Å²) in [5.41, 5.74) is 0.975. The Hall–Kier alpha value is -2.50. The monoisotopic (exact) mass is 385 g/mol. The summed E-state index contributed by atoms with van der Waals surface area (Å²) in [5, 5.41) is 9.36. The van der Waals surface area contributed by atoms with Gasteiger partial charge in [0.2, 0.25) is 0 Å². The molecule has 0 saturated heterocycles. The lowest BCUT2D eigenvalue weighted by Gasteiger charge is -2.45. The quantitative estimate of drug-likeness (QED) is 0.801. The number of hydrogen-bond acceptors (Lipinski definition) is 4. The van der Waals surface area contributed by atoms with Crippen LogP contribution in [0.5, 0.6) is 0 Å². The van der Waals surface area contributed by atoms with E-state index in [0.717, 1.165) is 42.9 Å². The second kappa shape index (κ2) is 6.83. The first-order valence-corrected chi connectivity index (χ1v) is 9.98. The van der Waals surface area contributed by atoms with Gasteiger partial charge in [-0.05, 0) is 43.3 Å². The van der Waals surface area contributed by atoms with Crippen LogP contribution in [0, 0.1) is 11.3 Å². The molecule has 6 heteroatoms. The molecular formula is C22H27NO5. The van der Waals surface area contributed by atoms with Gasteiger partial charge in [0, 0.05) is 35.8 Å². The predicted molar refractivity (Wildman–Crippen MR) is 105 cm³/mol. The zero-order valence-electron chi connectivity index (χ0n) is 16.7. The standard InChI is InChI=1S/C22H27NO5/c1-4-14-9-22(2)10-20(28-12-13-5-6-13)19(27-3)7-16(22)17-8-18(24)15(21(25)26)11-23(14)17/h7-8,11,13-14H,4-6,9-10,12H2,1-3H3,(H,25,26)/t14-,22?/m0/s1. The Morgan fingerprint density at radius 1 is 1.39 bits per heavy atom. The molecule has 1 N–H and O–H groups in total. The highest BCUT2D eigenvalue weighted by Gasteiger charge is 2.43. The van der Waals surface area contributed by atoms with Crippen LogP contribution in [0.2, 0.25) is 0 Å². The Bertz CT molecular complexity index is 937. The van der Waals surface area contributed by atoms with Crippen molar-refractivity contribution in [2.24, 2.45) is 11.3 Å². The molecule has 2 atom stereocenters. The third-order valence-corrected chi connectivity index (χ3v) is 6.30. The Morgan fingerprint density at radius 2 is 2.14 bits per heavy atom. The average molecular weight is 385 g/mol. The van der Waals surface area contributed by atoms with E-state index in [1.165, 1.54) is 25.1 Å². The van der Waals surface area contributed by atoms with Crippen LogP contribution < -0.4 is 5.43 Å². The van der Waals surface area contributed by atoms with Gasteiger partial charge in [-0.2, -0.15) is 0 Å². The van der Waals surface area contributed by atoms with Gasteiger partial charge in [0.1, 0.15) is 11.3 Å². The molecule has 1 unspecified atom stereocenters. The van der Waals surface area contributed by atoms with E-state index in [2.05, 4.69) is 13.8 Å². The van der Waals surface area contributed by atoms with Crippen molar-refractivity contribution < 1.29 is 19.4 Å². The summed E-state index contributed by atoms with van der Waals surface area (Å²) >= 11 is 0. The molecule has 2 aliphatic carbocycles. The second-order valence-corrected chi connectivity index (χ2v) is 8.46. The molecule has 1 fully saturated rings. The van der Waals surface area contributed by atoms with Crippen LogP contribution in [-0.4, -0.2) is 29.4 Å². The molecule has 1 aromatic heterocycles. The van der Waals surface area contributed by atoms with Gasteiger partial charge in [-0.25, -0.2) is 4.79 Å². The third-order valence-electron chi connectivity index (χ3n) is 6.30. The summed E-state index contributed by atoms with van der Waals surface area (Å²) in [6, 6.07) is 1.60. The number of pyridine rings is 1. The number of carboxylic acids is 1.